The number of rotatable bonds is 6. The van der Waals surface area contributed by atoms with E-state index >= 15 is 0 Å². The van der Waals surface area contributed by atoms with Crippen molar-refractivity contribution >= 4 is 17.7 Å². The van der Waals surface area contributed by atoms with Gasteiger partial charge in [-0.05, 0) is 35.4 Å². The highest BCUT2D eigenvalue weighted by atomic mass is 32.2. The maximum absolute atomic E-state index is 10.8. The zero-order valence-electron chi connectivity index (χ0n) is 15.5. The first-order valence-electron chi connectivity index (χ1n) is 9.05. The predicted octanol–water partition coefficient (Wildman–Crippen LogP) is 4.54. The third kappa shape index (κ3) is 6.48. The van der Waals surface area contributed by atoms with Gasteiger partial charge in [0.15, 0.2) is 0 Å². The predicted molar refractivity (Wildman–Crippen MR) is 107 cm³/mol. The van der Waals surface area contributed by atoms with Gasteiger partial charge in [0.2, 0.25) is 0 Å². The molecule has 0 atom stereocenters. The molecule has 4 nitrogen and oxygen atoms in total. The van der Waals surface area contributed by atoms with Crippen molar-refractivity contribution in [1.29, 1.82) is 0 Å². The minimum Gasteiger partial charge on any atom is -0.478 e. The minimum atomic E-state index is -0.887. The average molecular weight is 374 g/mol. The Hall–Kier alpha value is -1.82. The van der Waals surface area contributed by atoms with Gasteiger partial charge in [0.25, 0.3) is 0 Å². The number of thioether (sulfide) groups is 1. The lowest BCUT2D eigenvalue weighted by Crippen LogP contribution is -2.35. The van der Waals surface area contributed by atoms with E-state index in [0.717, 1.165) is 43.5 Å². The number of nitrogens with zero attached hydrogens (tertiary/aromatic N) is 1. The van der Waals surface area contributed by atoms with Crippen LogP contribution in [0.15, 0.2) is 53.4 Å². The summed E-state index contributed by atoms with van der Waals surface area (Å²) in [4.78, 5) is 14.3. The molecule has 0 spiro atoms. The van der Waals surface area contributed by atoms with E-state index in [0.29, 0.717) is 5.56 Å². The molecule has 1 aliphatic rings. The summed E-state index contributed by atoms with van der Waals surface area (Å²) in [7, 11) is 0. The fourth-order valence-corrected chi connectivity index (χ4v) is 3.47. The first kappa shape index (κ1) is 20.5. The summed E-state index contributed by atoms with van der Waals surface area (Å²) in [6, 6.07) is 15.8. The molecule has 0 unspecified atom stereocenters. The maximum atomic E-state index is 10.8. The van der Waals surface area contributed by atoms with E-state index in [4.69, 9.17) is 9.84 Å². The molecule has 5 heteroatoms. The summed E-state index contributed by atoms with van der Waals surface area (Å²) in [5, 5.41) is 8.91. The molecule has 1 aliphatic heterocycles. The van der Waals surface area contributed by atoms with Crippen LogP contribution in [-0.2, 0) is 17.0 Å². The topological polar surface area (TPSA) is 49.8 Å². The molecule has 1 fully saturated rings. The standard InChI is InChI=1S/C19H21NO3S.C2H6/c21-19(22)17-5-7-18(8-6-17)24-14-16-3-1-15(2-4-16)13-20-9-11-23-12-10-20;1-2/h1-8H,9-14H2,(H,21,22);1-2H3. The lowest BCUT2D eigenvalue weighted by molar-refractivity contribution is 0.0342. The van der Waals surface area contributed by atoms with Gasteiger partial charge in [-0.2, -0.15) is 0 Å². The SMILES string of the molecule is CC.O=C(O)c1ccc(SCc2ccc(CN3CCOCC3)cc2)cc1. The summed E-state index contributed by atoms with van der Waals surface area (Å²) >= 11 is 1.72. The molecule has 26 heavy (non-hydrogen) atoms. The van der Waals surface area contributed by atoms with Gasteiger partial charge in [0, 0.05) is 30.3 Å². The molecule has 1 saturated heterocycles. The Balaban J connectivity index is 0.00000117. The Bertz CT molecular complexity index is 665. The molecule has 3 rings (SSSR count). The van der Waals surface area contributed by atoms with E-state index in [2.05, 4.69) is 29.2 Å². The number of carboxylic acid groups (broad SMARTS) is 1. The van der Waals surface area contributed by atoms with Crippen LogP contribution in [0.2, 0.25) is 0 Å². The summed E-state index contributed by atoms with van der Waals surface area (Å²) in [6.45, 7) is 8.64. The third-order valence-corrected chi connectivity index (χ3v) is 5.12. The molecule has 0 bridgehead atoms. The Morgan fingerprint density at radius 2 is 1.58 bits per heavy atom. The summed E-state index contributed by atoms with van der Waals surface area (Å²) in [5.41, 5.74) is 2.93. The number of hydrogen-bond donors (Lipinski definition) is 1. The van der Waals surface area contributed by atoms with Crippen LogP contribution < -0.4 is 0 Å². The van der Waals surface area contributed by atoms with Crippen molar-refractivity contribution in [3.63, 3.8) is 0 Å². The molecule has 1 N–H and O–H groups in total. The van der Waals surface area contributed by atoms with Crippen LogP contribution in [0.4, 0.5) is 0 Å². The van der Waals surface area contributed by atoms with Crippen molar-refractivity contribution in [3.8, 4) is 0 Å². The Labute approximate surface area is 160 Å². The van der Waals surface area contributed by atoms with Crippen LogP contribution >= 0.6 is 11.8 Å². The van der Waals surface area contributed by atoms with Crippen LogP contribution in [0.1, 0.15) is 35.3 Å². The zero-order chi connectivity index (χ0) is 18.8. The average Bonchev–Trinajstić information content (AvgIpc) is 2.70. The quantitative estimate of drug-likeness (QED) is 0.754. The smallest absolute Gasteiger partial charge is 0.335 e. The summed E-state index contributed by atoms with van der Waals surface area (Å²) < 4.78 is 5.37. The lowest BCUT2D eigenvalue weighted by Gasteiger charge is -2.26. The van der Waals surface area contributed by atoms with Gasteiger partial charge in [-0.1, -0.05) is 38.1 Å². The second-order valence-electron chi connectivity index (χ2n) is 5.82. The first-order chi connectivity index (χ1) is 12.7. The van der Waals surface area contributed by atoms with E-state index in [1.54, 1.807) is 23.9 Å². The number of ether oxygens (including phenoxy) is 1. The number of carbonyl (C=O) groups is 1. The van der Waals surface area contributed by atoms with Gasteiger partial charge in [-0.3, -0.25) is 4.90 Å². The molecule has 0 radical (unpaired) electrons. The molecule has 140 valence electrons. The first-order valence-corrected chi connectivity index (χ1v) is 10.0. The Morgan fingerprint density at radius 3 is 2.15 bits per heavy atom. The van der Waals surface area contributed by atoms with Crippen LogP contribution in [0.5, 0.6) is 0 Å². The van der Waals surface area contributed by atoms with E-state index in [1.807, 2.05) is 26.0 Å². The molecule has 0 amide bonds. The molecular weight excluding hydrogens is 346 g/mol. The second-order valence-corrected chi connectivity index (χ2v) is 6.87. The van der Waals surface area contributed by atoms with Crippen molar-refractivity contribution in [3.05, 3.63) is 65.2 Å². The van der Waals surface area contributed by atoms with Crippen molar-refractivity contribution in [2.75, 3.05) is 26.3 Å². The normalized spacial score (nSPS) is 14.4. The number of benzene rings is 2. The molecule has 0 saturated carbocycles. The monoisotopic (exact) mass is 373 g/mol. The number of hydrogen-bond acceptors (Lipinski definition) is 4. The van der Waals surface area contributed by atoms with Crippen LogP contribution in [-0.4, -0.2) is 42.3 Å². The van der Waals surface area contributed by atoms with E-state index in [-0.39, 0.29) is 0 Å². The summed E-state index contributed by atoms with van der Waals surface area (Å²) in [5.74, 6) is -0.00744. The van der Waals surface area contributed by atoms with Gasteiger partial charge >= 0.3 is 5.97 Å². The molecule has 0 aromatic heterocycles. The molecule has 2 aromatic carbocycles. The van der Waals surface area contributed by atoms with Gasteiger partial charge in [0.1, 0.15) is 0 Å². The Kier molecular flexibility index (Phi) is 8.68. The Morgan fingerprint density at radius 1 is 1.00 bits per heavy atom. The van der Waals surface area contributed by atoms with Gasteiger partial charge < -0.3 is 9.84 Å². The molecule has 0 aliphatic carbocycles. The highest BCUT2D eigenvalue weighted by Gasteiger charge is 2.10. The molecular formula is C21H27NO3S. The van der Waals surface area contributed by atoms with Gasteiger partial charge in [0.05, 0.1) is 18.8 Å². The third-order valence-electron chi connectivity index (χ3n) is 4.04. The highest BCUT2D eigenvalue weighted by Crippen LogP contribution is 2.23. The van der Waals surface area contributed by atoms with E-state index in [9.17, 15) is 4.79 Å². The van der Waals surface area contributed by atoms with Crippen molar-refractivity contribution < 1.29 is 14.6 Å². The van der Waals surface area contributed by atoms with E-state index in [1.165, 1.54) is 11.1 Å². The largest absolute Gasteiger partial charge is 0.478 e. The van der Waals surface area contributed by atoms with Crippen LogP contribution in [0, 0.1) is 0 Å². The van der Waals surface area contributed by atoms with Crippen LogP contribution in [0.25, 0.3) is 0 Å². The van der Waals surface area contributed by atoms with Crippen molar-refractivity contribution in [2.24, 2.45) is 0 Å². The minimum absolute atomic E-state index is 0.326. The van der Waals surface area contributed by atoms with Crippen molar-refractivity contribution in [1.82, 2.24) is 4.90 Å². The van der Waals surface area contributed by atoms with Crippen LogP contribution in [0.3, 0.4) is 0 Å². The summed E-state index contributed by atoms with van der Waals surface area (Å²) in [6.07, 6.45) is 0. The number of morpholine rings is 1. The highest BCUT2D eigenvalue weighted by molar-refractivity contribution is 7.98. The van der Waals surface area contributed by atoms with Gasteiger partial charge in [-0.15, -0.1) is 11.8 Å². The van der Waals surface area contributed by atoms with Gasteiger partial charge in [-0.25, -0.2) is 4.79 Å². The van der Waals surface area contributed by atoms with Crippen molar-refractivity contribution in [2.45, 2.75) is 31.0 Å². The molecule has 1 heterocycles. The fraction of sp³-hybridized carbons (Fsp3) is 0.381. The lowest BCUT2D eigenvalue weighted by atomic mass is 10.1. The maximum Gasteiger partial charge on any atom is 0.335 e. The van der Waals surface area contributed by atoms with E-state index < -0.39 is 5.97 Å². The molecule has 2 aromatic rings. The second kappa shape index (κ2) is 11.0. The number of carboxylic acids is 1. The zero-order valence-corrected chi connectivity index (χ0v) is 16.3. The number of aromatic carboxylic acids is 1. The fourth-order valence-electron chi connectivity index (χ4n) is 2.62.